The van der Waals surface area contributed by atoms with Crippen LogP contribution in [0.3, 0.4) is 0 Å². The first-order valence-electron chi connectivity index (χ1n) is 7.79. The lowest BCUT2D eigenvalue weighted by Gasteiger charge is -2.08. The van der Waals surface area contributed by atoms with E-state index in [-0.39, 0.29) is 17.3 Å². The van der Waals surface area contributed by atoms with E-state index in [4.69, 9.17) is 0 Å². The van der Waals surface area contributed by atoms with Gasteiger partial charge in [0.15, 0.2) is 22.6 Å². The molecule has 0 saturated heterocycles. The SMILES string of the molecule is CCn1c(SCC(=O)Nc2ccc(F)c(F)c2)nnc1-c1cccnc1. The molecule has 3 aromatic rings. The largest absolute Gasteiger partial charge is 0.325 e. The molecule has 2 aromatic heterocycles. The van der Waals surface area contributed by atoms with E-state index in [1.54, 1.807) is 12.4 Å². The molecule has 1 N–H and O–H groups in total. The first-order valence-corrected chi connectivity index (χ1v) is 8.78. The first kappa shape index (κ1) is 18.0. The molecule has 0 bridgehead atoms. The third-order valence-electron chi connectivity index (χ3n) is 3.49. The van der Waals surface area contributed by atoms with Crippen molar-refractivity contribution in [3.63, 3.8) is 0 Å². The maximum Gasteiger partial charge on any atom is 0.234 e. The second-order valence-electron chi connectivity index (χ2n) is 5.26. The summed E-state index contributed by atoms with van der Waals surface area (Å²) in [6, 6.07) is 6.90. The van der Waals surface area contributed by atoms with Gasteiger partial charge in [0.05, 0.1) is 5.75 Å². The Morgan fingerprint density at radius 3 is 2.77 bits per heavy atom. The number of carbonyl (C=O) groups excluding carboxylic acids is 1. The predicted molar refractivity (Wildman–Crippen MR) is 94.6 cm³/mol. The van der Waals surface area contributed by atoms with Gasteiger partial charge in [-0.1, -0.05) is 11.8 Å². The summed E-state index contributed by atoms with van der Waals surface area (Å²) in [7, 11) is 0. The Morgan fingerprint density at radius 2 is 2.08 bits per heavy atom. The zero-order valence-corrected chi connectivity index (χ0v) is 14.6. The lowest BCUT2D eigenvalue weighted by molar-refractivity contribution is -0.113. The minimum Gasteiger partial charge on any atom is -0.325 e. The number of hydrogen-bond donors (Lipinski definition) is 1. The molecule has 1 amide bonds. The molecular formula is C17H15F2N5OS. The van der Waals surface area contributed by atoms with Crippen LogP contribution in [-0.2, 0) is 11.3 Å². The van der Waals surface area contributed by atoms with Crippen LogP contribution in [-0.4, -0.2) is 31.4 Å². The average Bonchev–Trinajstić information content (AvgIpc) is 3.07. The lowest BCUT2D eigenvalue weighted by Crippen LogP contribution is -2.15. The maximum atomic E-state index is 13.2. The molecule has 134 valence electrons. The van der Waals surface area contributed by atoms with Crippen molar-refractivity contribution in [1.29, 1.82) is 0 Å². The molecule has 6 nitrogen and oxygen atoms in total. The van der Waals surface area contributed by atoms with Crippen LogP contribution in [0.1, 0.15) is 6.92 Å². The summed E-state index contributed by atoms with van der Waals surface area (Å²) >= 11 is 1.21. The van der Waals surface area contributed by atoms with Gasteiger partial charge in [-0.25, -0.2) is 8.78 Å². The molecule has 0 aliphatic heterocycles. The van der Waals surface area contributed by atoms with Crippen molar-refractivity contribution in [1.82, 2.24) is 19.7 Å². The van der Waals surface area contributed by atoms with Gasteiger partial charge in [0, 0.05) is 36.3 Å². The standard InChI is InChI=1S/C17H15F2N5OS/c1-2-24-16(11-4-3-7-20-9-11)22-23-17(24)26-10-15(25)21-12-5-6-13(18)14(19)8-12/h3-9H,2,10H2,1H3,(H,21,25). The zero-order valence-electron chi connectivity index (χ0n) is 13.8. The van der Waals surface area contributed by atoms with Crippen molar-refractivity contribution < 1.29 is 13.6 Å². The summed E-state index contributed by atoms with van der Waals surface area (Å²) in [6.45, 7) is 2.58. The third-order valence-corrected chi connectivity index (χ3v) is 4.46. The lowest BCUT2D eigenvalue weighted by atomic mass is 10.3. The third kappa shape index (κ3) is 4.05. The summed E-state index contributed by atoms with van der Waals surface area (Å²) in [5.41, 5.74) is 1.03. The quantitative estimate of drug-likeness (QED) is 0.669. The number of aromatic nitrogens is 4. The van der Waals surface area contributed by atoms with Crippen molar-refractivity contribution >= 4 is 23.4 Å². The fourth-order valence-corrected chi connectivity index (χ4v) is 3.09. The number of nitrogens with zero attached hydrogens (tertiary/aromatic N) is 4. The van der Waals surface area contributed by atoms with E-state index in [0.717, 1.165) is 17.7 Å². The summed E-state index contributed by atoms with van der Waals surface area (Å²) in [5, 5.41) is 11.4. The van der Waals surface area contributed by atoms with Gasteiger partial charge in [-0.3, -0.25) is 9.78 Å². The normalized spacial score (nSPS) is 10.7. The van der Waals surface area contributed by atoms with E-state index < -0.39 is 11.6 Å². The van der Waals surface area contributed by atoms with E-state index in [1.807, 2.05) is 23.6 Å². The van der Waals surface area contributed by atoms with Crippen molar-refractivity contribution in [2.75, 3.05) is 11.1 Å². The number of anilines is 1. The van der Waals surface area contributed by atoms with Crippen LogP contribution in [0.15, 0.2) is 47.9 Å². The van der Waals surface area contributed by atoms with Crippen LogP contribution in [0.4, 0.5) is 14.5 Å². The number of carbonyl (C=O) groups is 1. The number of benzene rings is 1. The van der Waals surface area contributed by atoms with Crippen LogP contribution in [0.5, 0.6) is 0 Å². The molecule has 9 heteroatoms. The zero-order chi connectivity index (χ0) is 18.5. The Hall–Kier alpha value is -2.81. The van der Waals surface area contributed by atoms with Crippen LogP contribution >= 0.6 is 11.8 Å². The van der Waals surface area contributed by atoms with Gasteiger partial charge >= 0.3 is 0 Å². The highest BCUT2D eigenvalue weighted by atomic mass is 32.2. The van der Waals surface area contributed by atoms with E-state index in [9.17, 15) is 13.6 Å². The molecule has 2 heterocycles. The van der Waals surface area contributed by atoms with Gasteiger partial charge in [-0.05, 0) is 31.2 Å². The van der Waals surface area contributed by atoms with Crippen molar-refractivity contribution in [2.24, 2.45) is 0 Å². The summed E-state index contributed by atoms with van der Waals surface area (Å²) in [5.74, 6) is -1.60. The molecule has 1 aromatic carbocycles. The molecule has 0 atom stereocenters. The summed E-state index contributed by atoms with van der Waals surface area (Å²) in [4.78, 5) is 16.1. The van der Waals surface area contributed by atoms with E-state index in [1.165, 1.54) is 17.8 Å². The topological polar surface area (TPSA) is 72.7 Å². The van der Waals surface area contributed by atoms with Crippen molar-refractivity contribution in [3.8, 4) is 11.4 Å². The molecule has 0 aliphatic rings. The van der Waals surface area contributed by atoms with Crippen LogP contribution < -0.4 is 5.32 Å². The fourth-order valence-electron chi connectivity index (χ4n) is 2.29. The average molecular weight is 375 g/mol. The van der Waals surface area contributed by atoms with Crippen molar-refractivity contribution in [2.45, 2.75) is 18.6 Å². The number of rotatable bonds is 6. The molecule has 0 spiro atoms. The number of amides is 1. The van der Waals surface area contributed by atoms with Crippen LogP contribution in [0.25, 0.3) is 11.4 Å². The van der Waals surface area contributed by atoms with Gasteiger partial charge in [-0.2, -0.15) is 0 Å². The second-order valence-corrected chi connectivity index (χ2v) is 6.20. The Kier molecular flexibility index (Phi) is 5.57. The van der Waals surface area contributed by atoms with Gasteiger partial charge in [-0.15, -0.1) is 10.2 Å². The Bertz CT molecular complexity index is 917. The van der Waals surface area contributed by atoms with E-state index in [0.29, 0.717) is 17.5 Å². The number of halogens is 2. The molecule has 0 aliphatic carbocycles. The molecular weight excluding hydrogens is 360 g/mol. The van der Waals surface area contributed by atoms with Gasteiger partial charge in [0.1, 0.15) is 0 Å². The Morgan fingerprint density at radius 1 is 1.23 bits per heavy atom. The van der Waals surface area contributed by atoms with Crippen molar-refractivity contribution in [3.05, 3.63) is 54.4 Å². The number of pyridine rings is 1. The highest BCUT2D eigenvalue weighted by Gasteiger charge is 2.15. The second kappa shape index (κ2) is 8.05. The first-order chi connectivity index (χ1) is 12.6. The highest BCUT2D eigenvalue weighted by Crippen LogP contribution is 2.23. The number of hydrogen-bond acceptors (Lipinski definition) is 5. The van der Waals surface area contributed by atoms with Crippen LogP contribution in [0, 0.1) is 11.6 Å². The minimum absolute atomic E-state index is 0.0597. The van der Waals surface area contributed by atoms with E-state index in [2.05, 4.69) is 20.5 Å². The predicted octanol–water partition coefficient (Wildman–Crippen LogP) is 3.37. The summed E-state index contributed by atoms with van der Waals surface area (Å²) in [6.07, 6.45) is 3.37. The van der Waals surface area contributed by atoms with Gasteiger partial charge in [0.2, 0.25) is 5.91 Å². The Labute approximate surface area is 152 Å². The minimum atomic E-state index is -1.01. The molecule has 3 rings (SSSR count). The molecule has 0 saturated carbocycles. The maximum absolute atomic E-state index is 13.2. The van der Waals surface area contributed by atoms with Gasteiger partial charge < -0.3 is 9.88 Å². The highest BCUT2D eigenvalue weighted by molar-refractivity contribution is 7.99. The monoisotopic (exact) mass is 375 g/mol. The molecule has 0 fully saturated rings. The van der Waals surface area contributed by atoms with E-state index >= 15 is 0 Å². The molecule has 0 unspecified atom stereocenters. The fraction of sp³-hybridized carbons (Fsp3) is 0.176. The number of nitrogens with one attached hydrogen (secondary N) is 1. The van der Waals surface area contributed by atoms with Crippen LogP contribution in [0.2, 0.25) is 0 Å². The van der Waals surface area contributed by atoms with Gasteiger partial charge in [0.25, 0.3) is 0 Å². The Balaban J connectivity index is 1.67. The molecule has 0 radical (unpaired) electrons. The summed E-state index contributed by atoms with van der Waals surface area (Å²) < 4.78 is 28.0. The number of thioether (sulfide) groups is 1. The smallest absolute Gasteiger partial charge is 0.234 e. The molecule has 26 heavy (non-hydrogen) atoms.